The first-order valence-corrected chi connectivity index (χ1v) is 11.3. The first-order chi connectivity index (χ1) is 14.8. The number of guanidine groups is 1. The normalized spacial score (nSPS) is 24.7. The van der Waals surface area contributed by atoms with Crippen molar-refractivity contribution < 1.29 is 18.9 Å². The molecule has 0 radical (unpaired) electrons. The number of rotatable bonds is 6. The van der Waals surface area contributed by atoms with E-state index in [0.29, 0.717) is 19.3 Å². The van der Waals surface area contributed by atoms with Crippen LogP contribution in [0.1, 0.15) is 44.1 Å². The second-order valence-electron chi connectivity index (χ2n) is 8.31. The minimum atomic E-state index is 0. The van der Waals surface area contributed by atoms with Crippen LogP contribution in [-0.2, 0) is 16.0 Å². The van der Waals surface area contributed by atoms with E-state index >= 15 is 0 Å². The highest BCUT2D eigenvalue weighted by Crippen LogP contribution is 2.30. The van der Waals surface area contributed by atoms with Gasteiger partial charge in [-0.05, 0) is 50.7 Å². The van der Waals surface area contributed by atoms with Gasteiger partial charge < -0.3 is 29.2 Å². The van der Waals surface area contributed by atoms with Crippen molar-refractivity contribution in [1.82, 2.24) is 10.2 Å². The highest BCUT2D eigenvalue weighted by molar-refractivity contribution is 14.0. The largest absolute Gasteiger partial charge is 0.497 e. The predicted molar refractivity (Wildman–Crippen MR) is 132 cm³/mol. The zero-order valence-electron chi connectivity index (χ0n) is 18.7. The van der Waals surface area contributed by atoms with Crippen molar-refractivity contribution in [3.05, 3.63) is 23.8 Å². The van der Waals surface area contributed by atoms with Crippen molar-refractivity contribution in [2.45, 2.75) is 63.4 Å². The van der Waals surface area contributed by atoms with Crippen molar-refractivity contribution in [3.63, 3.8) is 0 Å². The molecule has 2 unspecified atom stereocenters. The molecule has 1 aromatic rings. The Bertz CT molecular complexity index is 721. The summed E-state index contributed by atoms with van der Waals surface area (Å²) in [6.45, 7) is 3.83. The molecule has 0 aromatic heterocycles. The van der Waals surface area contributed by atoms with E-state index in [-0.39, 0.29) is 36.2 Å². The predicted octanol–water partition coefficient (Wildman–Crippen LogP) is 3.59. The molecule has 2 heterocycles. The number of methoxy groups -OCH3 is 1. The quantitative estimate of drug-likeness (QED) is 0.335. The van der Waals surface area contributed by atoms with Gasteiger partial charge in [0.1, 0.15) is 17.6 Å². The molecule has 1 aromatic carbocycles. The van der Waals surface area contributed by atoms with Crippen LogP contribution in [0.15, 0.2) is 23.2 Å². The number of nitrogens with zero attached hydrogens (tertiary/aromatic N) is 2. The summed E-state index contributed by atoms with van der Waals surface area (Å²) < 4.78 is 23.6. The fourth-order valence-corrected chi connectivity index (χ4v) is 4.60. The Labute approximate surface area is 202 Å². The zero-order valence-corrected chi connectivity index (χ0v) is 21.0. The van der Waals surface area contributed by atoms with E-state index < -0.39 is 0 Å². The molecule has 2 aliphatic heterocycles. The van der Waals surface area contributed by atoms with Gasteiger partial charge in [0.25, 0.3) is 0 Å². The maximum atomic E-state index is 6.33. The Balaban J connectivity index is 0.00000272. The summed E-state index contributed by atoms with van der Waals surface area (Å²) >= 11 is 0. The van der Waals surface area contributed by atoms with Gasteiger partial charge in [-0.2, -0.15) is 0 Å². The van der Waals surface area contributed by atoms with Crippen LogP contribution in [0.2, 0.25) is 0 Å². The molecule has 0 bridgehead atoms. The third-order valence-corrected chi connectivity index (χ3v) is 6.29. The lowest BCUT2D eigenvalue weighted by atomic mass is 10.1. The number of morpholine rings is 1. The van der Waals surface area contributed by atoms with Crippen LogP contribution in [-0.4, -0.2) is 69.6 Å². The molecule has 0 amide bonds. The zero-order chi connectivity index (χ0) is 20.8. The van der Waals surface area contributed by atoms with Gasteiger partial charge >= 0.3 is 0 Å². The standard InChI is InChI=1S/C23H35N3O4.HI/c1-24-23(26-11-13-29-22(16-26)20-8-5-12-28-20)25-15-17-9-10-19(27-2)14-21(17)30-18-6-3-4-7-18;/h9-10,14,18,20,22H,3-8,11-13,15-16H2,1-2H3,(H,24,25);1H. The molecule has 2 atom stereocenters. The minimum absolute atomic E-state index is 0. The Hall–Kier alpha value is -1.26. The lowest BCUT2D eigenvalue weighted by Gasteiger charge is -2.37. The second-order valence-corrected chi connectivity index (χ2v) is 8.31. The first kappa shape index (κ1) is 24.4. The summed E-state index contributed by atoms with van der Waals surface area (Å²) in [7, 11) is 3.53. The number of ether oxygens (including phenoxy) is 4. The monoisotopic (exact) mass is 545 g/mol. The van der Waals surface area contributed by atoms with Crippen molar-refractivity contribution in [2.75, 3.05) is 40.5 Å². The van der Waals surface area contributed by atoms with Crippen LogP contribution < -0.4 is 14.8 Å². The number of hydrogen-bond acceptors (Lipinski definition) is 5. The van der Waals surface area contributed by atoms with E-state index in [0.717, 1.165) is 68.4 Å². The molecule has 174 valence electrons. The third-order valence-electron chi connectivity index (χ3n) is 6.29. The molecule has 4 rings (SSSR count). The Morgan fingerprint density at radius 2 is 1.94 bits per heavy atom. The van der Waals surface area contributed by atoms with Gasteiger partial charge in [-0.15, -0.1) is 24.0 Å². The van der Waals surface area contributed by atoms with E-state index in [9.17, 15) is 0 Å². The molecule has 31 heavy (non-hydrogen) atoms. The lowest BCUT2D eigenvalue weighted by Crippen LogP contribution is -2.53. The summed E-state index contributed by atoms with van der Waals surface area (Å²) in [5, 5.41) is 3.53. The van der Waals surface area contributed by atoms with E-state index in [1.807, 2.05) is 19.2 Å². The molecule has 0 spiro atoms. The number of aliphatic imine (C=N–C) groups is 1. The third kappa shape index (κ3) is 6.38. The Morgan fingerprint density at radius 1 is 1.13 bits per heavy atom. The van der Waals surface area contributed by atoms with Crippen molar-refractivity contribution in [3.8, 4) is 11.5 Å². The molecule has 1 aliphatic carbocycles. The average molecular weight is 545 g/mol. The molecule has 1 saturated carbocycles. The summed E-state index contributed by atoms with van der Waals surface area (Å²) in [4.78, 5) is 6.80. The number of hydrogen-bond donors (Lipinski definition) is 1. The fourth-order valence-electron chi connectivity index (χ4n) is 4.60. The Kier molecular flexibility index (Phi) is 9.52. The number of halogens is 1. The highest BCUT2D eigenvalue weighted by atomic mass is 127. The smallest absolute Gasteiger partial charge is 0.194 e. The van der Waals surface area contributed by atoms with Crippen LogP contribution in [0.25, 0.3) is 0 Å². The molecule has 8 heteroatoms. The number of nitrogens with one attached hydrogen (secondary N) is 1. The average Bonchev–Trinajstić information content (AvgIpc) is 3.50. The van der Waals surface area contributed by atoms with E-state index in [4.69, 9.17) is 18.9 Å². The lowest BCUT2D eigenvalue weighted by molar-refractivity contribution is -0.0817. The maximum absolute atomic E-state index is 6.33. The molecule has 2 saturated heterocycles. The van der Waals surface area contributed by atoms with Crippen molar-refractivity contribution >= 4 is 29.9 Å². The SMILES string of the molecule is CN=C(NCc1ccc(OC)cc1OC1CCCC1)N1CCOC(C2CCCO2)C1.I. The van der Waals surface area contributed by atoms with Gasteiger partial charge in [-0.25, -0.2) is 0 Å². The molecular formula is C23H36IN3O4. The van der Waals surface area contributed by atoms with Crippen LogP contribution >= 0.6 is 24.0 Å². The van der Waals surface area contributed by atoms with Crippen molar-refractivity contribution in [1.29, 1.82) is 0 Å². The van der Waals surface area contributed by atoms with Gasteiger partial charge in [0, 0.05) is 44.9 Å². The first-order valence-electron chi connectivity index (χ1n) is 11.3. The minimum Gasteiger partial charge on any atom is -0.497 e. The van der Waals surface area contributed by atoms with Crippen LogP contribution in [0.5, 0.6) is 11.5 Å². The summed E-state index contributed by atoms with van der Waals surface area (Å²) in [6, 6.07) is 6.07. The summed E-state index contributed by atoms with van der Waals surface area (Å²) in [6.07, 6.45) is 7.59. The highest BCUT2D eigenvalue weighted by Gasteiger charge is 2.32. The topological polar surface area (TPSA) is 64.6 Å². The molecular weight excluding hydrogens is 509 g/mol. The van der Waals surface area contributed by atoms with Gasteiger partial charge in [0.05, 0.1) is 25.9 Å². The Morgan fingerprint density at radius 3 is 2.65 bits per heavy atom. The second kappa shape index (κ2) is 12.1. The maximum Gasteiger partial charge on any atom is 0.194 e. The van der Waals surface area contributed by atoms with Crippen LogP contribution in [0.4, 0.5) is 0 Å². The van der Waals surface area contributed by atoms with Crippen LogP contribution in [0.3, 0.4) is 0 Å². The van der Waals surface area contributed by atoms with E-state index in [1.165, 1.54) is 12.8 Å². The van der Waals surface area contributed by atoms with Gasteiger partial charge in [0.15, 0.2) is 5.96 Å². The van der Waals surface area contributed by atoms with E-state index in [2.05, 4.69) is 21.3 Å². The summed E-state index contributed by atoms with van der Waals surface area (Å²) in [5.74, 6) is 2.62. The fraction of sp³-hybridized carbons (Fsp3) is 0.696. The summed E-state index contributed by atoms with van der Waals surface area (Å²) in [5.41, 5.74) is 1.12. The van der Waals surface area contributed by atoms with Gasteiger partial charge in [0.2, 0.25) is 0 Å². The van der Waals surface area contributed by atoms with E-state index in [1.54, 1.807) is 7.11 Å². The molecule has 3 aliphatic rings. The van der Waals surface area contributed by atoms with Gasteiger partial charge in [-0.3, -0.25) is 4.99 Å². The molecule has 1 N–H and O–H groups in total. The molecule has 7 nitrogen and oxygen atoms in total. The van der Waals surface area contributed by atoms with Gasteiger partial charge in [-0.1, -0.05) is 0 Å². The number of benzene rings is 1. The molecule has 3 fully saturated rings. The van der Waals surface area contributed by atoms with Crippen molar-refractivity contribution in [2.24, 2.45) is 4.99 Å². The van der Waals surface area contributed by atoms with Crippen LogP contribution in [0, 0.1) is 0 Å².